The van der Waals surface area contributed by atoms with Gasteiger partial charge in [-0.05, 0) is 49.1 Å². The number of aryl methyl sites for hydroxylation is 2. The summed E-state index contributed by atoms with van der Waals surface area (Å²) < 4.78 is 7.53. The third kappa shape index (κ3) is 3.82. The van der Waals surface area contributed by atoms with Gasteiger partial charge >= 0.3 is 5.76 Å². The van der Waals surface area contributed by atoms with Crippen molar-refractivity contribution in [1.29, 1.82) is 0 Å². The predicted octanol–water partition coefficient (Wildman–Crippen LogP) is 4.02. The van der Waals surface area contributed by atoms with Crippen molar-refractivity contribution in [2.45, 2.75) is 32.2 Å². The topological polar surface area (TPSA) is 98.6 Å². The standard InChI is InChI=1S/C20H18BrN3O5/c21-14-5-7-16-13(11-14)3-1-9-22(16)19(25)4-2-10-23-17-8-6-15(24(27)28)12-18(17)29-20(23)26/h5-8,11-12H,1-4,9-10H2. The third-order valence-corrected chi connectivity index (χ3v) is 5.59. The van der Waals surface area contributed by atoms with Crippen LogP contribution < -0.4 is 10.7 Å². The molecule has 0 unspecified atom stereocenters. The largest absolute Gasteiger partial charge is 0.419 e. The quantitative estimate of drug-likeness (QED) is 0.423. The molecule has 150 valence electrons. The highest BCUT2D eigenvalue weighted by atomic mass is 79.9. The summed E-state index contributed by atoms with van der Waals surface area (Å²) >= 11 is 3.47. The molecule has 0 N–H and O–H groups in total. The van der Waals surface area contributed by atoms with E-state index in [4.69, 9.17) is 4.42 Å². The Morgan fingerprint density at radius 1 is 1.24 bits per heavy atom. The number of non-ortho nitro benzene ring substituents is 1. The Balaban J connectivity index is 1.46. The van der Waals surface area contributed by atoms with Crippen LogP contribution in [0.25, 0.3) is 11.1 Å². The van der Waals surface area contributed by atoms with Gasteiger partial charge in [0.05, 0.1) is 16.5 Å². The summed E-state index contributed by atoms with van der Waals surface area (Å²) in [5, 5.41) is 10.9. The van der Waals surface area contributed by atoms with E-state index in [9.17, 15) is 19.7 Å². The van der Waals surface area contributed by atoms with Crippen LogP contribution in [0.3, 0.4) is 0 Å². The second kappa shape index (κ2) is 7.82. The number of oxazole rings is 1. The minimum absolute atomic E-state index is 0.0183. The van der Waals surface area contributed by atoms with Crippen molar-refractivity contribution in [3.8, 4) is 0 Å². The summed E-state index contributed by atoms with van der Waals surface area (Å²) in [5.74, 6) is -0.564. The first kappa shape index (κ1) is 19.4. The van der Waals surface area contributed by atoms with E-state index in [1.54, 1.807) is 0 Å². The lowest BCUT2D eigenvalue weighted by Crippen LogP contribution is -2.35. The zero-order valence-corrected chi connectivity index (χ0v) is 17.1. The van der Waals surface area contributed by atoms with Gasteiger partial charge in [0.25, 0.3) is 5.69 Å². The number of aromatic nitrogens is 1. The number of nitro groups is 1. The van der Waals surface area contributed by atoms with E-state index in [2.05, 4.69) is 15.9 Å². The summed E-state index contributed by atoms with van der Waals surface area (Å²) in [6.07, 6.45) is 2.62. The number of amides is 1. The molecule has 4 rings (SSSR count). The van der Waals surface area contributed by atoms with Crippen LogP contribution in [0.5, 0.6) is 0 Å². The maximum atomic E-state index is 12.8. The van der Waals surface area contributed by atoms with Gasteiger partial charge in [-0.15, -0.1) is 0 Å². The second-order valence-corrected chi connectivity index (χ2v) is 7.87. The predicted molar refractivity (Wildman–Crippen MR) is 111 cm³/mol. The van der Waals surface area contributed by atoms with Crippen LogP contribution in [0.1, 0.15) is 24.8 Å². The zero-order chi connectivity index (χ0) is 20.5. The molecule has 0 spiro atoms. The van der Waals surface area contributed by atoms with E-state index in [-0.39, 0.29) is 17.2 Å². The molecule has 29 heavy (non-hydrogen) atoms. The Morgan fingerprint density at radius 2 is 2.07 bits per heavy atom. The zero-order valence-electron chi connectivity index (χ0n) is 15.5. The average Bonchev–Trinajstić information content (AvgIpc) is 3.01. The van der Waals surface area contributed by atoms with E-state index in [1.165, 1.54) is 22.8 Å². The number of halogens is 1. The molecule has 0 fully saturated rings. The monoisotopic (exact) mass is 459 g/mol. The fraction of sp³-hybridized carbons (Fsp3) is 0.300. The molecule has 1 aliphatic rings. The summed E-state index contributed by atoms with van der Waals surface area (Å²) in [6, 6.07) is 10.0. The van der Waals surface area contributed by atoms with Gasteiger partial charge in [-0.3, -0.25) is 19.5 Å². The Hall–Kier alpha value is -2.94. The number of rotatable bonds is 5. The molecule has 1 amide bonds. The maximum absolute atomic E-state index is 12.8. The first-order valence-corrected chi connectivity index (χ1v) is 10.1. The number of nitro benzene ring substituents is 1. The number of fused-ring (bicyclic) bond motifs is 2. The number of carbonyl (C=O) groups is 1. The molecule has 9 heteroatoms. The summed E-state index contributed by atoms with van der Waals surface area (Å²) in [4.78, 5) is 37.0. The van der Waals surface area contributed by atoms with Crippen molar-refractivity contribution < 1.29 is 14.1 Å². The van der Waals surface area contributed by atoms with Crippen LogP contribution in [0.15, 0.2) is 50.1 Å². The normalized spacial score (nSPS) is 13.5. The lowest BCUT2D eigenvalue weighted by Gasteiger charge is -2.29. The Kier molecular flexibility index (Phi) is 5.23. The summed E-state index contributed by atoms with van der Waals surface area (Å²) in [6.45, 7) is 0.988. The molecule has 0 bridgehead atoms. The average molecular weight is 460 g/mol. The number of anilines is 1. The fourth-order valence-electron chi connectivity index (χ4n) is 3.73. The molecule has 0 saturated carbocycles. The van der Waals surface area contributed by atoms with Gasteiger partial charge < -0.3 is 9.32 Å². The van der Waals surface area contributed by atoms with Crippen molar-refractivity contribution in [1.82, 2.24) is 4.57 Å². The van der Waals surface area contributed by atoms with Gasteiger partial charge in [0, 0.05) is 35.7 Å². The molecular formula is C20H18BrN3O5. The van der Waals surface area contributed by atoms with Crippen molar-refractivity contribution in [2.24, 2.45) is 0 Å². The smallest absolute Gasteiger partial charge is 0.407 e. The van der Waals surface area contributed by atoms with E-state index in [0.29, 0.717) is 31.4 Å². The van der Waals surface area contributed by atoms with Crippen LogP contribution >= 0.6 is 15.9 Å². The Morgan fingerprint density at radius 3 is 2.86 bits per heavy atom. The summed E-state index contributed by atoms with van der Waals surface area (Å²) in [5.41, 5.74) is 2.62. The fourth-order valence-corrected chi connectivity index (χ4v) is 4.14. The molecule has 1 aromatic heterocycles. The van der Waals surface area contributed by atoms with Crippen molar-refractivity contribution in [2.75, 3.05) is 11.4 Å². The van der Waals surface area contributed by atoms with Gasteiger partial charge in [0.1, 0.15) is 0 Å². The highest BCUT2D eigenvalue weighted by Crippen LogP contribution is 2.30. The highest BCUT2D eigenvalue weighted by Gasteiger charge is 2.22. The molecule has 8 nitrogen and oxygen atoms in total. The van der Waals surface area contributed by atoms with Crippen LogP contribution in [-0.2, 0) is 17.8 Å². The minimum atomic E-state index is -0.582. The van der Waals surface area contributed by atoms with E-state index < -0.39 is 10.7 Å². The first-order chi connectivity index (χ1) is 13.9. The number of nitrogens with zero attached hydrogens (tertiary/aromatic N) is 3. The number of benzene rings is 2. The van der Waals surface area contributed by atoms with E-state index in [0.717, 1.165) is 28.6 Å². The molecule has 0 radical (unpaired) electrons. The lowest BCUT2D eigenvalue weighted by atomic mass is 10.0. The van der Waals surface area contributed by atoms with Crippen LogP contribution in [0, 0.1) is 10.1 Å². The van der Waals surface area contributed by atoms with Crippen LogP contribution in [0.4, 0.5) is 11.4 Å². The van der Waals surface area contributed by atoms with Crippen molar-refractivity contribution in [3.05, 3.63) is 67.1 Å². The number of carbonyl (C=O) groups excluding carboxylic acids is 1. The maximum Gasteiger partial charge on any atom is 0.419 e. The molecule has 2 heterocycles. The summed E-state index contributed by atoms with van der Waals surface area (Å²) in [7, 11) is 0. The van der Waals surface area contributed by atoms with Crippen molar-refractivity contribution >= 4 is 44.3 Å². The van der Waals surface area contributed by atoms with E-state index in [1.807, 2.05) is 23.1 Å². The number of hydrogen-bond donors (Lipinski definition) is 0. The Labute approximate surface area is 174 Å². The Bertz CT molecular complexity index is 1170. The number of hydrogen-bond acceptors (Lipinski definition) is 5. The van der Waals surface area contributed by atoms with Gasteiger partial charge in [0.2, 0.25) is 5.91 Å². The molecule has 0 atom stereocenters. The molecule has 1 aliphatic heterocycles. The lowest BCUT2D eigenvalue weighted by molar-refractivity contribution is -0.384. The highest BCUT2D eigenvalue weighted by molar-refractivity contribution is 9.10. The van der Waals surface area contributed by atoms with Crippen molar-refractivity contribution in [3.63, 3.8) is 0 Å². The molecule has 3 aromatic rings. The molecule has 2 aromatic carbocycles. The second-order valence-electron chi connectivity index (χ2n) is 6.95. The van der Waals surface area contributed by atoms with Gasteiger partial charge in [-0.2, -0.15) is 0 Å². The molecule has 0 aliphatic carbocycles. The SMILES string of the molecule is O=C(CCCn1c(=O)oc2cc([N+](=O)[O-])ccc21)N1CCCc2cc(Br)ccc21. The van der Waals surface area contributed by atoms with Gasteiger partial charge in [0.15, 0.2) is 5.58 Å². The van der Waals surface area contributed by atoms with Crippen LogP contribution in [-0.4, -0.2) is 21.9 Å². The minimum Gasteiger partial charge on any atom is -0.407 e. The van der Waals surface area contributed by atoms with Gasteiger partial charge in [-0.25, -0.2) is 4.79 Å². The molecular weight excluding hydrogens is 442 g/mol. The van der Waals surface area contributed by atoms with Crippen LogP contribution in [0.2, 0.25) is 0 Å². The molecule has 0 saturated heterocycles. The first-order valence-electron chi connectivity index (χ1n) is 9.30. The van der Waals surface area contributed by atoms with E-state index >= 15 is 0 Å². The third-order valence-electron chi connectivity index (χ3n) is 5.10. The van der Waals surface area contributed by atoms with Gasteiger partial charge in [-0.1, -0.05) is 15.9 Å².